The van der Waals surface area contributed by atoms with E-state index in [9.17, 15) is 0 Å². The first-order valence-corrected chi connectivity index (χ1v) is 6.88. The van der Waals surface area contributed by atoms with Gasteiger partial charge in [-0.05, 0) is 18.8 Å². The van der Waals surface area contributed by atoms with Crippen LogP contribution in [0.4, 0.5) is 6.01 Å². The molecule has 5 nitrogen and oxygen atoms in total. The molecule has 1 aliphatic carbocycles. The molecule has 0 radical (unpaired) electrons. The zero-order valence-corrected chi connectivity index (χ0v) is 11.8. The third-order valence-corrected chi connectivity index (χ3v) is 2.91. The number of rotatable bonds is 7. The van der Waals surface area contributed by atoms with E-state index in [0.29, 0.717) is 36.5 Å². The zero-order valence-electron chi connectivity index (χ0n) is 11.8. The quantitative estimate of drug-likeness (QED) is 0.806. The average molecular weight is 252 g/mol. The summed E-state index contributed by atoms with van der Waals surface area (Å²) >= 11 is 0. The molecule has 1 fully saturated rings. The molecule has 1 aromatic rings. The summed E-state index contributed by atoms with van der Waals surface area (Å²) in [7, 11) is 0. The van der Waals surface area contributed by atoms with Crippen LogP contribution in [0.15, 0.2) is 4.42 Å². The van der Waals surface area contributed by atoms with E-state index in [4.69, 9.17) is 4.42 Å². The summed E-state index contributed by atoms with van der Waals surface area (Å²) in [5, 5.41) is 11.6. The second-order valence-electron chi connectivity index (χ2n) is 5.79. The lowest BCUT2D eigenvalue weighted by molar-refractivity contribution is 0.438. The normalized spacial score (nSPS) is 15.7. The first-order chi connectivity index (χ1) is 8.56. The second kappa shape index (κ2) is 5.69. The van der Waals surface area contributed by atoms with E-state index in [-0.39, 0.29) is 0 Å². The highest BCUT2D eigenvalue weighted by atomic mass is 16.4. The van der Waals surface area contributed by atoms with Gasteiger partial charge in [-0.3, -0.25) is 0 Å². The Bertz CT molecular complexity index is 371. The molecule has 1 heterocycles. The molecular weight excluding hydrogens is 228 g/mol. The summed E-state index contributed by atoms with van der Waals surface area (Å²) in [4.78, 5) is 2.26. The molecule has 0 aromatic carbocycles. The molecule has 18 heavy (non-hydrogen) atoms. The van der Waals surface area contributed by atoms with E-state index in [0.717, 1.165) is 6.54 Å². The molecule has 1 aliphatic rings. The molecule has 102 valence electrons. The molecule has 5 heteroatoms. The van der Waals surface area contributed by atoms with Gasteiger partial charge in [-0.1, -0.05) is 32.8 Å². The standard InChI is InChI=1S/C13H24N4O/c1-9(2)8-17(11-5-6-11)13-16-15-12(18-13)7-14-10(3)4/h9-11,14H,5-8H2,1-4H3. The van der Waals surface area contributed by atoms with E-state index >= 15 is 0 Å². The maximum absolute atomic E-state index is 5.74. The number of nitrogens with zero attached hydrogens (tertiary/aromatic N) is 3. The van der Waals surface area contributed by atoms with Gasteiger partial charge in [-0.2, -0.15) is 0 Å². The van der Waals surface area contributed by atoms with Crippen molar-refractivity contribution in [3.63, 3.8) is 0 Å². The van der Waals surface area contributed by atoms with Crippen molar-refractivity contribution in [2.45, 2.75) is 59.2 Å². The highest BCUT2D eigenvalue weighted by Crippen LogP contribution is 2.31. The summed E-state index contributed by atoms with van der Waals surface area (Å²) in [6, 6.07) is 1.72. The van der Waals surface area contributed by atoms with Gasteiger partial charge in [0.2, 0.25) is 5.89 Å². The lowest BCUT2D eigenvalue weighted by Crippen LogP contribution is -2.30. The summed E-state index contributed by atoms with van der Waals surface area (Å²) < 4.78 is 5.74. The van der Waals surface area contributed by atoms with Gasteiger partial charge in [-0.25, -0.2) is 0 Å². The Hall–Kier alpha value is -1.10. The van der Waals surface area contributed by atoms with Crippen molar-refractivity contribution in [3.05, 3.63) is 5.89 Å². The van der Waals surface area contributed by atoms with E-state index in [1.165, 1.54) is 12.8 Å². The van der Waals surface area contributed by atoms with Crippen LogP contribution in [0.3, 0.4) is 0 Å². The molecule has 0 saturated heterocycles. The molecule has 0 atom stereocenters. The fourth-order valence-electron chi connectivity index (χ4n) is 1.89. The van der Waals surface area contributed by atoms with Gasteiger partial charge in [-0.15, -0.1) is 5.10 Å². The second-order valence-corrected chi connectivity index (χ2v) is 5.79. The minimum Gasteiger partial charge on any atom is -0.407 e. The topological polar surface area (TPSA) is 54.2 Å². The van der Waals surface area contributed by atoms with Crippen LogP contribution >= 0.6 is 0 Å². The lowest BCUT2D eigenvalue weighted by Gasteiger charge is -2.21. The van der Waals surface area contributed by atoms with Gasteiger partial charge in [0.15, 0.2) is 0 Å². The molecule has 1 N–H and O–H groups in total. The van der Waals surface area contributed by atoms with E-state index in [1.54, 1.807) is 0 Å². The van der Waals surface area contributed by atoms with Crippen molar-refractivity contribution in [2.75, 3.05) is 11.4 Å². The van der Waals surface area contributed by atoms with Crippen molar-refractivity contribution in [1.82, 2.24) is 15.5 Å². The number of anilines is 1. The van der Waals surface area contributed by atoms with Crippen LogP contribution in [0.5, 0.6) is 0 Å². The third kappa shape index (κ3) is 3.70. The summed E-state index contributed by atoms with van der Waals surface area (Å²) in [5.41, 5.74) is 0. The maximum Gasteiger partial charge on any atom is 0.318 e. The summed E-state index contributed by atoms with van der Waals surface area (Å²) in [5.74, 6) is 1.28. The van der Waals surface area contributed by atoms with E-state index in [1.807, 2.05) is 0 Å². The van der Waals surface area contributed by atoms with Crippen LogP contribution in [-0.4, -0.2) is 28.8 Å². The minimum atomic E-state index is 0.426. The number of nitrogens with one attached hydrogen (secondary N) is 1. The van der Waals surface area contributed by atoms with Crippen molar-refractivity contribution in [1.29, 1.82) is 0 Å². The highest BCUT2D eigenvalue weighted by Gasteiger charge is 2.32. The maximum atomic E-state index is 5.74. The van der Waals surface area contributed by atoms with Crippen molar-refractivity contribution in [2.24, 2.45) is 5.92 Å². The molecule has 1 saturated carbocycles. The Balaban J connectivity index is 1.97. The Morgan fingerprint density at radius 3 is 2.56 bits per heavy atom. The molecule has 0 amide bonds. The first-order valence-electron chi connectivity index (χ1n) is 6.88. The molecule has 2 rings (SSSR count). The predicted octanol–water partition coefficient (Wildman–Crippen LogP) is 2.19. The lowest BCUT2D eigenvalue weighted by atomic mass is 10.2. The smallest absolute Gasteiger partial charge is 0.318 e. The monoisotopic (exact) mass is 252 g/mol. The molecule has 0 spiro atoms. The Morgan fingerprint density at radius 1 is 1.28 bits per heavy atom. The SMILES string of the molecule is CC(C)CN(c1nnc(CNC(C)C)o1)C1CC1. The van der Waals surface area contributed by atoms with E-state index in [2.05, 4.69) is 48.1 Å². The number of aromatic nitrogens is 2. The molecule has 0 bridgehead atoms. The first kappa shape index (κ1) is 13.3. The van der Waals surface area contributed by atoms with Crippen LogP contribution in [0.2, 0.25) is 0 Å². The Morgan fingerprint density at radius 2 is 2.00 bits per heavy atom. The van der Waals surface area contributed by atoms with Gasteiger partial charge in [0, 0.05) is 18.6 Å². The van der Waals surface area contributed by atoms with Gasteiger partial charge in [0.05, 0.1) is 6.54 Å². The summed E-state index contributed by atoms with van der Waals surface area (Å²) in [6.07, 6.45) is 2.49. The van der Waals surface area contributed by atoms with Gasteiger partial charge < -0.3 is 14.6 Å². The van der Waals surface area contributed by atoms with Crippen LogP contribution in [0, 0.1) is 5.92 Å². The van der Waals surface area contributed by atoms with Crippen LogP contribution in [0.25, 0.3) is 0 Å². The predicted molar refractivity (Wildman–Crippen MR) is 71.5 cm³/mol. The molecule has 0 unspecified atom stereocenters. The molecule has 1 aromatic heterocycles. The van der Waals surface area contributed by atoms with Crippen LogP contribution in [-0.2, 0) is 6.54 Å². The summed E-state index contributed by atoms with van der Waals surface area (Å²) in [6.45, 7) is 10.3. The van der Waals surface area contributed by atoms with Crippen LogP contribution in [0.1, 0.15) is 46.4 Å². The van der Waals surface area contributed by atoms with Gasteiger partial charge in [0.1, 0.15) is 0 Å². The molecule has 0 aliphatic heterocycles. The zero-order chi connectivity index (χ0) is 13.1. The Labute approximate surface area is 109 Å². The Kier molecular flexibility index (Phi) is 4.22. The van der Waals surface area contributed by atoms with Crippen molar-refractivity contribution < 1.29 is 4.42 Å². The van der Waals surface area contributed by atoms with E-state index < -0.39 is 0 Å². The fraction of sp³-hybridized carbons (Fsp3) is 0.846. The number of hydrogen-bond donors (Lipinski definition) is 1. The third-order valence-electron chi connectivity index (χ3n) is 2.91. The largest absolute Gasteiger partial charge is 0.407 e. The average Bonchev–Trinajstić information content (AvgIpc) is 3.02. The van der Waals surface area contributed by atoms with Gasteiger partial charge >= 0.3 is 6.01 Å². The van der Waals surface area contributed by atoms with Crippen molar-refractivity contribution >= 4 is 6.01 Å². The minimum absolute atomic E-state index is 0.426. The molecular formula is C13H24N4O. The fourth-order valence-corrected chi connectivity index (χ4v) is 1.89. The van der Waals surface area contributed by atoms with Crippen molar-refractivity contribution in [3.8, 4) is 0 Å². The number of hydrogen-bond acceptors (Lipinski definition) is 5. The van der Waals surface area contributed by atoms with Crippen LogP contribution < -0.4 is 10.2 Å². The van der Waals surface area contributed by atoms with Gasteiger partial charge in [0.25, 0.3) is 0 Å². The highest BCUT2D eigenvalue weighted by molar-refractivity contribution is 5.29.